The number of rotatable bonds is 4. The highest BCUT2D eigenvalue weighted by Crippen LogP contribution is 2.40. The Morgan fingerprint density at radius 2 is 2.17 bits per heavy atom. The van der Waals surface area contributed by atoms with E-state index in [0.29, 0.717) is 6.42 Å². The molecule has 0 saturated heterocycles. The van der Waals surface area contributed by atoms with Crippen LogP contribution in [0.1, 0.15) is 31.2 Å². The van der Waals surface area contributed by atoms with Gasteiger partial charge in [-0.3, -0.25) is 4.79 Å². The fourth-order valence-corrected chi connectivity index (χ4v) is 2.27. The summed E-state index contributed by atoms with van der Waals surface area (Å²) in [6.45, 7) is 1.93. The molecule has 1 aliphatic rings. The van der Waals surface area contributed by atoms with E-state index in [-0.39, 0.29) is 11.6 Å². The Balaban J connectivity index is 2.10. The van der Waals surface area contributed by atoms with Crippen LogP contribution in [0.4, 0.5) is 0 Å². The molecular formula is C14H17ClO3. The van der Waals surface area contributed by atoms with Gasteiger partial charge < -0.3 is 9.47 Å². The Morgan fingerprint density at radius 3 is 2.67 bits per heavy atom. The second-order valence-corrected chi connectivity index (χ2v) is 5.21. The van der Waals surface area contributed by atoms with Gasteiger partial charge in [0.2, 0.25) is 0 Å². The number of aryl methyl sites for hydroxylation is 1. The standard InChI is InChI=1S/C14H17ClO3/c1-10-8-11(4-5-12(10)15)18-14(6-3-7-14)9-13(16)17-2/h4-5,8H,3,6-7,9H2,1-2H3. The van der Waals surface area contributed by atoms with Crippen molar-refractivity contribution in [2.45, 2.75) is 38.2 Å². The maximum absolute atomic E-state index is 11.4. The minimum absolute atomic E-state index is 0.222. The number of esters is 1. The predicted octanol–water partition coefficient (Wildman–Crippen LogP) is 3.51. The predicted molar refractivity (Wildman–Crippen MR) is 70.0 cm³/mol. The van der Waals surface area contributed by atoms with Gasteiger partial charge in [0.1, 0.15) is 11.4 Å². The molecule has 0 heterocycles. The summed E-state index contributed by atoms with van der Waals surface area (Å²) < 4.78 is 10.7. The normalized spacial score (nSPS) is 16.8. The number of methoxy groups -OCH3 is 1. The van der Waals surface area contributed by atoms with Gasteiger partial charge in [0.25, 0.3) is 0 Å². The maximum Gasteiger partial charge on any atom is 0.309 e. The minimum atomic E-state index is -0.382. The SMILES string of the molecule is COC(=O)CC1(Oc2ccc(Cl)c(C)c2)CCC1. The first-order valence-corrected chi connectivity index (χ1v) is 6.44. The number of carbonyl (C=O) groups is 1. The van der Waals surface area contributed by atoms with Gasteiger partial charge in [0.15, 0.2) is 0 Å². The molecule has 0 spiro atoms. The van der Waals surface area contributed by atoms with Crippen molar-refractivity contribution in [3.05, 3.63) is 28.8 Å². The lowest BCUT2D eigenvalue weighted by Gasteiger charge is -2.41. The fourth-order valence-electron chi connectivity index (χ4n) is 2.15. The molecule has 0 unspecified atom stereocenters. The highest BCUT2D eigenvalue weighted by Gasteiger charge is 2.41. The lowest BCUT2D eigenvalue weighted by molar-refractivity contribution is -0.148. The first kappa shape index (κ1) is 13.2. The van der Waals surface area contributed by atoms with Crippen molar-refractivity contribution in [2.75, 3.05) is 7.11 Å². The van der Waals surface area contributed by atoms with Gasteiger partial charge in [-0.25, -0.2) is 0 Å². The molecule has 0 amide bonds. The zero-order valence-electron chi connectivity index (χ0n) is 10.7. The Hall–Kier alpha value is -1.22. The van der Waals surface area contributed by atoms with Crippen molar-refractivity contribution in [3.8, 4) is 5.75 Å². The molecular weight excluding hydrogens is 252 g/mol. The van der Waals surface area contributed by atoms with Crippen LogP contribution < -0.4 is 4.74 Å². The average Bonchev–Trinajstić information content (AvgIpc) is 2.30. The Labute approximate surface area is 112 Å². The summed E-state index contributed by atoms with van der Waals surface area (Å²) in [5.41, 5.74) is 0.592. The summed E-state index contributed by atoms with van der Waals surface area (Å²) in [4.78, 5) is 11.4. The molecule has 2 rings (SSSR count). The number of hydrogen-bond acceptors (Lipinski definition) is 3. The summed E-state index contributed by atoms with van der Waals surface area (Å²) in [7, 11) is 1.40. The summed E-state index contributed by atoms with van der Waals surface area (Å²) >= 11 is 5.98. The molecule has 18 heavy (non-hydrogen) atoms. The van der Waals surface area contributed by atoms with Gasteiger partial charge in [-0.2, -0.15) is 0 Å². The molecule has 98 valence electrons. The van der Waals surface area contributed by atoms with Crippen LogP contribution in [-0.4, -0.2) is 18.7 Å². The number of benzene rings is 1. The highest BCUT2D eigenvalue weighted by atomic mass is 35.5. The number of ether oxygens (including phenoxy) is 2. The van der Waals surface area contributed by atoms with E-state index in [9.17, 15) is 4.79 Å². The minimum Gasteiger partial charge on any atom is -0.487 e. The molecule has 0 N–H and O–H groups in total. The van der Waals surface area contributed by atoms with Crippen molar-refractivity contribution >= 4 is 17.6 Å². The van der Waals surface area contributed by atoms with Crippen LogP contribution in [0.2, 0.25) is 5.02 Å². The third-order valence-corrected chi connectivity index (χ3v) is 3.85. The van der Waals surface area contributed by atoms with Crippen molar-refractivity contribution in [1.82, 2.24) is 0 Å². The summed E-state index contributed by atoms with van der Waals surface area (Å²) in [6.07, 6.45) is 3.18. The average molecular weight is 269 g/mol. The molecule has 0 atom stereocenters. The van der Waals surface area contributed by atoms with Gasteiger partial charge in [-0.05, 0) is 49.9 Å². The van der Waals surface area contributed by atoms with E-state index >= 15 is 0 Å². The molecule has 4 heteroatoms. The Kier molecular flexibility index (Phi) is 3.81. The van der Waals surface area contributed by atoms with Crippen molar-refractivity contribution < 1.29 is 14.3 Å². The van der Waals surface area contributed by atoms with E-state index in [1.807, 2.05) is 25.1 Å². The van der Waals surface area contributed by atoms with E-state index in [2.05, 4.69) is 0 Å². The Morgan fingerprint density at radius 1 is 1.44 bits per heavy atom. The van der Waals surface area contributed by atoms with Gasteiger partial charge in [0.05, 0.1) is 13.5 Å². The molecule has 1 saturated carbocycles. The molecule has 1 aliphatic carbocycles. The largest absolute Gasteiger partial charge is 0.487 e. The van der Waals surface area contributed by atoms with E-state index in [1.165, 1.54) is 7.11 Å². The lowest BCUT2D eigenvalue weighted by Crippen LogP contribution is -2.45. The molecule has 1 aromatic rings. The second kappa shape index (κ2) is 5.19. The fraction of sp³-hybridized carbons (Fsp3) is 0.500. The highest BCUT2D eigenvalue weighted by molar-refractivity contribution is 6.31. The van der Waals surface area contributed by atoms with Gasteiger partial charge >= 0.3 is 5.97 Å². The molecule has 3 nitrogen and oxygen atoms in total. The monoisotopic (exact) mass is 268 g/mol. The topological polar surface area (TPSA) is 35.5 Å². The van der Waals surface area contributed by atoms with Gasteiger partial charge in [0, 0.05) is 5.02 Å². The van der Waals surface area contributed by atoms with Crippen LogP contribution in [0.15, 0.2) is 18.2 Å². The third-order valence-electron chi connectivity index (χ3n) is 3.42. The van der Waals surface area contributed by atoms with Gasteiger partial charge in [-0.15, -0.1) is 0 Å². The smallest absolute Gasteiger partial charge is 0.309 e. The van der Waals surface area contributed by atoms with E-state index < -0.39 is 0 Å². The molecule has 0 aliphatic heterocycles. The first-order chi connectivity index (χ1) is 8.54. The van der Waals surface area contributed by atoms with E-state index in [0.717, 1.165) is 35.6 Å². The van der Waals surface area contributed by atoms with E-state index in [1.54, 1.807) is 0 Å². The number of carbonyl (C=O) groups excluding carboxylic acids is 1. The molecule has 0 aromatic heterocycles. The zero-order chi connectivity index (χ0) is 13.2. The maximum atomic E-state index is 11.4. The Bertz CT molecular complexity index is 452. The van der Waals surface area contributed by atoms with Crippen molar-refractivity contribution in [1.29, 1.82) is 0 Å². The summed E-state index contributed by atoms with van der Waals surface area (Å²) in [6, 6.07) is 5.56. The second-order valence-electron chi connectivity index (χ2n) is 4.80. The zero-order valence-corrected chi connectivity index (χ0v) is 11.4. The third kappa shape index (κ3) is 2.78. The number of hydrogen-bond donors (Lipinski definition) is 0. The first-order valence-electron chi connectivity index (χ1n) is 6.07. The van der Waals surface area contributed by atoms with Crippen LogP contribution in [-0.2, 0) is 9.53 Å². The summed E-state index contributed by atoms with van der Waals surface area (Å²) in [5.74, 6) is 0.542. The lowest BCUT2D eigenvalue weighted by atomic mass is 9.77. The van der Waals surface area contributed by atoms with Crippen LogP contribution in [0.5, 0.6) is 5.75 Å². The molecule has 1 aromatic carbocycles. The van der Waals surface area contributed by atoms with E-state index in [4.69, 9.17) is 21.1 Å². The van der Waals surface area contributed by atoms with Crippen LogP contribution in [0.3, 0.4) is 0 Å². The van der Waals surface area contributed by atoms with Gasteiger partial charge in [-0.1, -0.05) is 11.6 Å². The van der Waals surface area contributed by atoms with Crippen molar-refractivity contribution in [2.24, 2.45) is 0 Å². The van der Waals surface area contributed by atoms with Crippen LogP contribution in [0, 0.1) is 6.92 Å². The van der Waals surface area contributed by atoms with Crippen LogP contribution in [0.25, 0.3) is 0 Å². The summed E-state index contributed by atoms with van der Waals surface area (Å²) in [5, 5.41) is 0.720. The quantitative estimate of drug-likeness (QED) is 0.784. The van der Waals surface area contributed by atoms with Crippen molar-refractivity contribution in [3.63, 3.8) is 0 Å². The molecule has 0 bridgehead atoms. The molecule has 0 radical (unpaired) electrons. The molecule has 1 fully saturated rings. The van der Waals surface area contributed by atoms with Crippen LogP contribution >= 0.6 is 11.6 Å². The number of halogens is 1.